The Hall–Kier alpha value is -3.48. The second kappa shape index (κ2) is 10.9. The van der Waals surface area contributed by atoms with Gasteiger partial charge in [-0.05, 0) is 55.5 Å². The molecule has 0 fully saturated rings. The van der Waals surface area contributed by atoms with Crippen LogP contribution in [0.5, 0.6) is 11.5 Å². The van der Waals surface area contributed by atoms with Crippen LogP contribution in [0.2, 0.25) is 0 Å². The fourth-order valence-corrected chi connectivity index (χ4v) is 2.99. The highest BCUT2D eigenvalue weighted by Gasteiger charge is 2.24. The van der Waals surface area contributed by atoms with Gasteiger partial charge in [-0.2, -0.15) is 0 Å². The lowest BCUT2D eigenvalue weighted by atomic mass is 9.92. The van der Waals surface area contributed by atoms with Crippen molar-refractivity contribution in [2.45, 2.75) is 32.8 Å². The monoisotopic (exact) mass is 413 g/mol. The molecule has 3 N–H and O–H groups in total. The summed E-state index contributed by atoms with van der Waals surface area (Å²) >= 11 is 0. The van der Waals surface area contributed by atoms with E-state index in [-0.39, 0.29) is 11.7 Å². The minimum absolute atomic E-state index is 0.0551. The minimum Gasteiger partial charge on any atom is -0.504 e. The van der Waals surface area contributed by atoms with Crippen LogP contribution >= 0.6 is 0 Å². The van der Waals surface area contributed by atoms with Gasteiger partial charge in [0.15, 0.2) is 11.5 Å². The molecule has 2 atom stereocenters. The summed E-state index contributed by atoms with van der Waals surface area (Å²) in [5, 5.41) is 21.6. The van der Waals surface area contributed by atoms with Gasteiger partial charge >= 0.3 is 12.1 Å². The first-order valence-electron chi connectivity index (χ1n) is 9.60. The third-order valence-electron chi connectivity index (χ3n) is 4.63. The second-order valence-corrected chi connectivity index (χ2v) is 7.04. The summed E-state index contributed by atoms with van der Waals surface area (Å²) in [5.74, 6) is -0.882. The largest absolute Gasteiger partial charge is 0.504 e. The summed E-state index contributed by atoms with van der Waals surface area (Å²) in [6, 6.07) is 12.2. The van der Waals surface area contributed by atoms with E-state index in [0.717, 1.165) is 11.6 Å². The Balaban J connectivity index is 2.16. The van der Waals surface area contributed by atoms with Crippen molar-refractivity contribution in [3.8, 4) is 11.5 Å². The number of aromatic hydroxyl groups is 1. The normalized spacial score (nSPS) is 12.9. The number of carboxylic acids is 1. The van der Waals surface area contributed by atoms with Crippen LogP contribution in [0, 0.1) is 12.8 Å². The standard InChI is InChI=1S/C23H27NO6/c1-15-8-11-18(12-9-15)24-23(28)30-22(16(2)6-4-5-7-21(26)27)17-10-13-20(29-3)19(25)14-17/h5,7-14,16,22,25H,4,6H2,1-3H3,(H,24,28)(H,26,27)/b7-5+/t16-,22-/m1/s1. The molecule has 0 aliphatic rings. The smallest absolute Gasteiger partial charge is 0.412 e. The van der Waals surface area contributed by atoms with Gasteiger partial charge in [0.1, 0.15) is 6.10 Å². The van der Waals surface area contributed by atoms with Crippen LogP contribution in [0.1, 0.15) is 37.0 Å². The Kier molecular flexibility index (Phi) is 8.29. The Labute approximate surface area is 176 Å². The fourth-order valence-electron chi connectivity index (χ4n) is 2.99. The van der Waals surface area contributed by atoms with Crippen molar-refractivity contribution < 1.29 is 29.3 Å². The summed E-state index contributed by atoms with van der Waals surface area (Å²) in [5.41, 5.74) is 2.30. The highest BCUT2D eigenvalue weighted by molar-refractivity contribution is 5.84. The highest BCUT2D eigenvalue weighted by Crippen LogP contribution is 2.35. The number of ether oxygens (including phenoxy) is 2. The summed E-state index contributed by atoms with van der Waals surface area (Å²) in [6.07, 6.45) is 2.48. The van der Waals surface area contributed by atoms with Gasteiger partial charge in [0.2, 0.25) is 0 Å². The molecule has 7 nitrogen and oxygen atoms in total. The van der Waals surface area contributed by atoms with Crippen molar-refractivity contribution >= 4 is 17.7 Å². The predicted octanol–water partition coefficient (Wildman–Crippen LogP) is 5.06. The first kappa shape index (κ1) is 22.8. The maximum absolute atomic E-state index is 12.5. The number of carbonyl (C=O) groups excluding carboxylic acids is 1. The van der Waals surface area contributed by atoms with Gasteiger partial charge < -0.3 is 19.7 Å². The molecule has 30 heavy (non-hydrogen) atoms. The zero-order valence-corrected chi connectivity index (χ0v) is 17.3. The molecular formula is C23H27NO6. The van der Waals surface area contributed by atoms with Gasteiger partial charge in [-0.25, -0.2) is 9.59 Å². The van der Waals surface area contributed by atoms with Gasteiger partial charge in [0.25, 0.3) is 0 Å². The molecule has 7 heteroatoms. The maximum atomic E-state index is 12.5. The number of carboxylic acid groups (broad SMARTS) is 1. The Morgan fingerprint density at radius 1 is 1.17 bits per heavy atom. The zero-order chi connectivity index (χ0) is 22.1. The molecule has 2 aromatic rings. The lowest BCUT2D eigenvalue weighted by molar-refractivity contribution is -0.131. The number of phenolic OH excluding ortho intramolecular Hbond substituents is 1. The quantitative estimate of drug-likeness (QED) is 0.497. The third kappa shape index (κ3) is 6.84. The van der Waals surface area contributed by atoms with Crippen molar-refractivity contribution in [2.75, 3.05) is 12.4 Å². The van der Waals surface area contributed by atoms with Crippen molar-refractivity contribution in [3.63, 3.8) is 0 Å². The molecule has 0 spiro atoms. The third-order valence-corrected chi connectivity index (χ3v) is 4.63. The number of hydrogen-bond acceptors (Lipinski definition) is 5. The summed E-state index contributed by atoms with van der Waals surface area (Å²) in [7, 11) is 1.45. The molecule has 0 saturated carbocycles. The van der Waals surface area contributed by atoms with Crippen LogP contribution in [-0.4, -0.2) is 29.4 Å². The Bertz CT molecular complexity index is 891. The van der Waals surface area contributed by atoms with Crippen LogP contribution in [0.25, 0.3) is 0 Å². The molecule has 0 bridgehead atoms. The van der Waals surface area contributed by atoms with Crippen LogP contribution < -0.4 is 10.1 Å². The minimum atomic E-state index is -1.01. The van der Waals surface area contributed by atoms with Gasteiger partial charge in [-0.1, -0.05) is 36.8 Å². The molecule has 0 unspecified atom stereocenters. The molecule has 0 saturated heterocycles. The number of allylic oxidation sites excluding steroid dienone is 1. The fraction of sp³-hybridized carbons (Fsp3) is 0.304. The van der Waals surface area contributed by atoms with Crippen molar-refractivity contribution in [1.82, 2.24) is 0 Å². The Morgan fingerprint density at radius 3 is 2.47 bits per heavy atom. The van der Waals surface area contributed by atoms with E-state index in [1.165, 1.54) is 13.2 Å². The number of methoxy groups -OCH3 is 1. The van der Waals surface area contributed by atoms with Gasteiger partial charge in [0.05, 0.1) is 7.11 Å². The van der Waals surface area contributed by atoms with Gasteiger partial charge in [-0.3, -0.25) is 5.32 Å². The molecule has 0 aliphatic heterocycles. The number of aliphatic carboxylic acids is 1. The number of aryl methyl sites for hydroxylation is 1. The van der Waals surface area contributed by atoms with Crippen LogP contribution in [-0.2, 0) is 9.53 Å². The van der Waals surface area contributed by atoms with E-state index < -0.39 is 18.2 Å². The molecule has 2 aromatic carbocycles. The van der Waals surface area contributed by atoms with E-state index in [4.69, 9.17) is 14.6 Å². The maximum Gasteiger partial charge on any atom is 0.412 e. The molecule has 1 amide bonds. The Morgan fingerprint density at radius 2 is 1.87 bits per heavy atom. The molecule has 160 valence electrons. The highest BCUT2D eigenvalue weighted by atomic mass is 16.6. The zero-order valence-electron chi connectivity index (χ0n) is 17.3. The van der Waals surface area contributed by atoms with E-state index in [2.05, 4.69) is 5.32 Å². The second-order valence-electron chi connectivity index (χ2n) is 7.04. The molecule has 0 radical (unpaired) electrons. The SMILES string of the molecule is COc1ccc([C@H](OC(=O)Nc2ccc(C)cc2)[C@H](C)CC/C=C/C(=O)O)cc1O. The molecule has 0 aliphatic carbocycles. The predicted molar refractivity (Wildman–Crippen MR) is 114 cm³/mol. The number of amides is 1. The van der Waals surface area contributed by atoms with Crippen LogP contribution in [0.15, 0.2) is 54.6 Å². The van der Waals surface area contributed by atoms with Crippen molar-refractivity contribution in [1.29, 1.82) is 0 Å². The average molecular weight is 413 g/mol. The van der Waals surface area contributed by atoms with E-state index in [1.807, 2.05) is 26.0 Å². The summed E-state index contributed by atoms with van der Waals surface area (Å²) < 4.78 is 10.8. The van der Waals surface area contributed by atoms with Gasteiger partial charge in [0, 0.05) is 11.8 Å². The van der Waals surface area contributed by atoms with Gasteiger partial charge in [-0.15, -0.1) is 0 Å². The lowest BCUT2D eigenvalue weighted by Gasteiger charge is -2.25. The number of carbonyl (C=O) groups is 2. The molecule has 2 rings (SSSR count). The molecular weight excluding hydrogens is 386 g/mol. The first-order valence-corrected chi connectivity index (χ1v) is 9.60. The average Bonchev–Trinajstić information content (AvgIpc) is 2.70. The molecule has 0 aromatic heterocycles. The molecule has 0 heterocycles. The first-order chi connectivity index (χ1) is 14.3. The van der Waals surface area contributed by atoms with Crippen molar-refractivity contribution in [3.05, 3.63) is 65.7 Å². The summed E-state index contributed by atoms with van der Waals surface area (Å²) in [4.78, 5) is 23.1. The van der Waals surface area contributed by atoms with Crippen LogP contribution in [0.4, 0.5) is 10.5 Å². The summed E-state index contributed by atoms with van der Waals surface area (Å²) in [6.45, 7) is 3.86. The number of anilines is 1. The van der Waals surface area contributed by atoms with Crippen LogP contribution in [0.3, 0.4) is 0 Å². The number of nitrogens with one attached hydrogen (secondary N) is 1. The van der Waals surface area contributed by atoms with E-state index in [1.54, 1.807) is 30.3 Å². The van der Waals surface area contributed by atoms with E-state index in [9.17, 15) is 14.7 Å². The van der Waals surface area contributed by atoms with Crippen molar-refractivity contribution in [2.24, 2.45) is 5.92 Å². The van der Waals surface area contributed by atoms with E-state index in [0.29, 0.717) is 29.8 Å². The van der Waals surface area contributed by atoms with E-state index >= 15 is 0 Å². The topological polar surface area (TPSA) is 105 Å². The number of benzene rings is 2. The lowest BCUT2D eigenvalue weighted by Crippen LogP contribution is -2.22. The number of hydrogen-bond donors (Lipinski definition) is 3. The number of rotatable bonds is 9. The number of phenols is 1.